The van der Waals surface area contributed by atoms with Crippen LogP contribution in [0.3, 0.4) is 0 Å². The molecule has 4 nitrogen and oxygen atoms in total. The number of carboxylic acids is 1. The van der Waals surface area contributed by atoms with E-state index in [0.29, 0.717) is 5.69 Å². The van der Waals surface area contributed by atoms with Gasteiger partial charge in [0.05, 0.1) is 0 Å². The van der Waals surface area contributed by atoms with Crippen molar-refractivity contribution in [3.05, 3.63) is 33.7 Å². The molecule has 0 saturated carbocycles. The maximum atomic E-state index is 13.4. The van der Waals surface area contributed by atoms with Gasteiger partial charge in [0.25, 0.3) is 0 Å². The van der Waals surface area contributed by atoms with E-state index in [1.807, 2.05) is 19.6 Å². The second-order valence-electron chi connectivity index (χ2n) is 6.27. The zero-order chi connectivity index (χ0) is 18.4. The Kier molecular flexibility index (Phi) is 4.46. The molecule has 2 heterocycles. The molecule has 0 saturated heterocycles. The van der Waals surface area contributed by atoms with Crippen LogP contribution in [0.5, 0.6) is 0 Å². The molecule has 0 aliphatic heterocycles. The number of halogens is 4. The number of fused-ring (bicyclic) bond motifs is 1. The Morgan fingerprint density at radius 3 is 2.42 bits per heavy atom. The Bertz CT molecular complexity index is 902. The normalized spacial score (nSPS) is 12.2. The fourth-order valence-corrected chi connectivity index (χ4v) is 2.89. The molecule has 0 bridgehead atoms. The zero-order valence-corrected chi connectivity index (χ0v) is 15.1. The van der Waals surface area contributed by atoms with Crippen LogP contribution < -0.4 is 0 Å². The van der Waals surface area contributed by atoms with Crippen molar-refractivity contribution in [1.29, 1.82) is 0 Å². The zero-order valence-electron chi connectivity index (χ0n) is 13.3. The third-order valence-corrected chi connectivity index (χ3v) is 4.38. The van der Waals surface area contributed by atoms with Crippen LogP contribution in [-0.2, 0) is 6.18 Å². The topological polar surface area (TPSA) is 54.6 Å². The summed E-state index contributed by atoms with van der Waals surface area (Å²) < 4.78 is 41.1. The number of aryl methyl sites for hydroxylation is 1. The van der Waals surface area contributed by atoms with Crippen molar-refractivity contribution < 1.29 is 23.1 Å². The summed E-state index contributed by atoms with van der Waals surface area (Å²) in [7, 11) is -1.81. The summed E-state index contributed by atoms with van der Waals surface area (Å²) in [6, 6.07) is 0.896. The minimum absolute atomic E-state index is 0.147. The van der Waals surface area contributed by atoms with Crippen molar-refractivity contribution in [3.8, 4) is 11.5 Å². The second-order valence-corrected chi connectivity index (χ2v) is 11.4. The van der Waals surface area contributed by atoms with E-state index < -0.39 is 37.1 Å². The second kappa shape index (κ2) is 5.83. The molecule has 0 fully saturated rings. The van der Waals surface area contributed by atoms with Crippen LogP contribution in [0.25, 0.3) is 5.65 Å². The van der Waals surface area contributed by atoms with E-state index in [-0.39, 0.29) is 10.7 Å². The van der Waals surface area contributed by atoms with E-state index in [0.717, 1.165) is 10.5 Å². The van der Waals surface area contributed by atoms with Crippen LogP contribution in [0.1, 0.15) is 27.3 Å². The third-order valence-electron chi connectivity index (χ3n) is 3.16. The van der Waals surface area contributed by atoms with E-state index in [1.165, 1.54) is 6.92 Å². The Hall–Kier alpha value is -1.98. The van der Waals surface area contributed by atoms with E-state index in [4.69, 9.17) is 16.7 Å². The van der Waals surface area contributed by atoms with Gasteiger partial charge in [-0.1, -0.05) is 37.2 Å². The van der Waals surface area contributed by atoms with Crippen LogP contribution in [0.15, 0.2) is 6.07 Å². The molecule has 0 spiro atoms. The molecule has 0 unspecified atom stereocenters. The lowest BCUT2D eigenvalue weighted by atomic mass is 10.1. The molecule has 128 valence electrons. The summed E-state index contributed by atoms with van der Waals surface area (Å²) in [6.45, 7) is 7.42. The van der Waals surface area contributed by atoms with Crippen LogP contribution in [-0.4, -0.2) is 28.5 Å². The molecular formula is C15H14ClF3N2O2Si. The Balaban J connectivity index is 2.93. The number of alkyl halides is 3. The Morgan fingerprint density at radius 1 is 1.38 bits per heavy atom. The van der Waals surface area contributed by atoms with Gasteiger partial charge in [-0.25, -0.2) is 9.78 Å². The number of nitrogens with zero attached hydrogens (tertiary/aromatic N) is 2. The summed E-state index contributed by atoms with van der Waals surface area (Å²) in [5, 5.41) is 8.69. The van der Waals surface area contributed by atoms with Crippen molar-refractivity contribution in [3.63, 3.8) is 0 Å². The molecule has 9 heteroatoms. The number of aromatic nitrogens is 2. The fourth-order valence-electron chi connectivity index (χ4n) is 2.05. The van der Waals surface area contributed by atoms with Gasteiger partial charge in [-0.3, -0.25) is 4.40 Å². The number of pyridine rings is 1. The van der Waals surface area contributed by atoms with Crippen LogP contribution in [0.2, 0.25) is 24.8 Å². The van der Waals surface area contributed by atoms with Gasteiger partial charge in [0, 0.05) is 11.3 Å². The SMILES string of the molecule is Cc1c(C#C[Si](C)(C)C)cc(C(F)(F)F)c2nc(C(=O)O)c(Cl)n12. The summed E-state index contributed by atoms with van der Waals surface area (Å²) in [4.78, 5) is 14.7. The predicted molar refractivity (Wildman–Crippen MR) is 87.1 cm³/mol. The molecule has 0 aliphatic rings. The molecule has 0 radical (unpaired) electrons. The van der Waals surface area contributed by atoms with Gasteiger partial charge >= 0.3 is 12.1 Å². The molecule has 24 heavy (non-hydrogen) atoms. The highest BCUT2D eigenvalue weighted by Gasteiger charge is 2.36. The Labute approximate surface area is 142 Å². The van der Waals surface area contributed by atoms with Crippen molar-refractivity contribution in [1.82, 2.24) is 9.38 Å². The first kappa shape index (κ1) is 18.4. The van der Waals surface area contributed by atoms with Gasteiger partial charge in [0.15, 0.2) is 11.3 Å². The summed E-state index contributed by atoms with van der Waals surface area (Å²) in [5.74, 6) is 1.29. The monoisotopic (exact) mass is 374 g/mol. The number of aromatic carboxylic acids is 1. The number of rotatable bonds is 1. The fraction of sp³-hybridized carbons (Fsp3) is 0.333. The molecular weight excluding hydrogens is 361 g/mol. The van der Waals surface area contributed by atoms with Gasteiger partial charge in [-0.15, -0.1) is 5.54 Å². The molecule has 2 aromatic rings. The highest BCUT2D eigenvalue weighted by Crippen LogP contribution is 2.35. The first-order chi connectivity index (χ1) is 10.8. The van der Waals surface area contributed by atoms with E-state index in [1.54, 1.807) is 0 Å². The third kappa shape index (κ3) is 3.42. The Morgan fingerprint density at radius 2 is 1.96 bits per heavy atom. The number of imidazole rings is 1. The molecule has 0 aromatic carbocycles. The summed E-state index contributed by atoms with van der Waals surface area (Å²) in [5.41, 5.74) is 1.23. The van der Waals surface area contributed by atoms with Gasteiger partial charge in [-0.05, 0) is 13.0 Å². The molecule has 0 amide bonds. The first-order valence-electron chi connectivity index (χ1n) is 6.88. The molecule has 2 rings (SSSR count). The number of hydrogen-bond acceptors (Lipinski definition) is 2. The predicted octanol–water partition coefficient (Wildman–Crippen LogP) is 4.24. The van der Waals surface area contributed by atoms with E-state index in [9.17, 15) is 18.0 Å². The van der Waals surface area contributed by atoms with Crippen LogP contribution >= 0.6 is 11.6 Å². The molecule has 2 aromatic heterocycles. The maximum Gasteiger partial charge on any atom is 0.420 e. The van der Waals surface area contributed by atoms with Crippen molar-refractivity contribution in [2.75, 3.05) is 0 Å². The largest absolute Gasteiger partial charge is 0.476 e. The minimum atomic E-state index is -4.71. The van der Waals surface area contributed by atoms with Crippen LogP contribution in [0.4, 0.5) is 13.2 Å². The van der Waals surface area contributed by atoms with E-state index >= 15 is 0 Å². The maximum absolute atomic E-state index is 13.4. The minimum Gasteiger partial charge on any atom is -0.476 e. The summed E-state index contributed by atoms with van der Waals surface area (Å²) in [6.07, 6.45) is -4.71. The molecule has 0 atom stereocenters. The first-order valence-corrected chi connectivity index (χ1v) is 10.8. The summed E-state index contributed by atoms with van der Waals surface area (Å²) >= 11 is 5.95. The average Bonchev–Trinajstić information content (AvgIpc) is 2.74. The lowest BCUT2D eigenvalue weighted by Crippen LogP contribution is -2.16. The lowest BCUT2D eigenvalue weighted by Gasteiger charge is -2.12. The lowest BCUT2D eigenvalue weighted by molar-refractivity contribution is -0.136. The van der Waals surface area contributed by atoms with Crippen molar-refractivity contribution in [2.45, 2.75) is 32.7 Å². The smallest absolute Gasteiger partial charge is 0.420 e. The van der Waals surface area contributed by atoms with Gasteiger partial charge in [-0.2, -0.15) is 13.2 Å². The van der Waals surface area contributed by atoms with E-state index in [2.05, 4.69) is 16.4 Å². The van der Waals surface area contributed by atoms with Gasteiger partial charge < -0.3 is 5.11 Å². The highest BCUT2D eigenvalue weighted by molar-refractivity contribution is 6.83. The van der Waals surface area contributed by atoms with Gasteiger partial charge in [0.1, 0.15) is 18.8 Å². The highest BCUT2D eigenvalue weighted by atomic mass is 35.5. The number of carboxylic acid groups (broad SMARTS) is 1. The number of hydrogen-bond donors (Lipinski definition) is 1. The quantitative estimate of drug-likeness (QED) is 0.600. The standard InChI is InChI=1S/C15H14ClF3N2O2Si/c1-8-9(5-6-24(2,3)4)7-10(15(17,18)19)13-20-11(14(22)23)12(16)21(8)13/h7H,1-4H3,(H,22,23). The van der Waals surface area contributed by atoms with Crippen molar-refractivity contribution >= 4 is 31.3 Å². The van der Waals surface area contributed by atoms with Crippen LogP contribution in [0, 0.1) is 18.4 Å². The van der Waals surface area contributed by atoms with Gasteiger partial charge in [0.2, 0.25) is 0 Å². The average molecular weight is 375 g/mol. The number of carbonyl (C=O) groups is 1. The molecule has 0 aliphatic carbocycles. The van der Waals surface area contributed by atoms with Crippen molar-refractivity contribution in [2.24, 2.45) is 0 Å². The molecule has 1 N–H and O–H groups in total.